The van der Waals surface area contributed by atoms with E-state index in [4.69, 9.17) is 5.11 Å². The molecule has 10 heteroatoms. The minimum Gasteiger partial charge on any atom is -0.395 e. The molecule has 18 heavy (non-hydrogen) atoms. The van der Waals surface area contributed by atoms with E-state index in [2.05, 4.69) is 15.5 Å². The molecule has 0 radical (unpaired) electrons. The molecular weight excluding hydrogens is 280 g/mol. The van der Waals surface area contributed by atoms with Crippen LogP contribution in [-0.4, -0.2) is 53.6 Å². The Hall–Kier alpha value is -1.10. The molecule has 0 bridgehead atoms. The highest BCUT2D eigenvalue weighted by atomic mass is 32.2. The van der Waals surface area contributed by atoms with Gasteiger partial charge in [-0.1, -0.05) is 18.3 Å². The Labute approximate surface area is 109 Å². The zero-order valence-corrected chi connectivity index (χ0v) is 11.6. The lowest BCUT2D eigenvalue weighted by Gasteiger charge is -2.16. The van der Waals surface area contributed by atoms with Crippen molar-refractivity contribution in [1.82, 2.24) is 14.5 Å². The molecule has 1 amide bonds. The van der Waals surface area contributed by atoms with Gasteiger partial charge in [-0.25, -0.2) is 8.42 Å². The van der Waals surface area contributed by atoms with E-state index in [0.717, 1.165) is 15.6 Å². The molecule has 0 saturated carbocycles. The van der Waals surface area contributed by atoms with E-state index in [0.29, 0.717) is 0 Å². The molecule has 0 unspecified atom stereocenters. The van der Waals surface area contributed by atoms with Gasteiger partial charge in [-0.2, -0.15) is 4.31 Å². The number of hydrogen-bond donors (Lipinski definition) is 2. The van der Waals surface area contributed by atoms with Crippen LogP contribution in [0.1, 0.15) is 13.8 Å². The Kier molecular flexibility index (Phi) is 5.14. The molecule has 8 nitrogen and oxygen atoms in total. The van der Waals surface area contributed by atoms with Crippen LogP contribution in [0.3, 0.4) is 0 Å². The van der Waals surface area contributed by atoms with Crippen molar-refractivity contribution in [2.45, 2.75) is 18.2 Å². The number of aliphatic hydroxyl groups excluding tert-OH is 1. The van der Waals surface area contributed by atoms with Crippen molar-refractivity contribution in [3.05, 3.63) is 0 Å². The van der Waals surface area contributed by atoms with Gasteiger partial charge in [0.1, 0.15) is 0 Å². The minimum absolute atomic E-state index is 0.00607. The Morgan fingerprint density at radius 1 is 1.50 bits per heavy atom. The molecular formula is C8H14N4O4S2. The molecule has 102 valence electrons. The summed E-state index contributed by atoms with van der Waals surface area (Å²) in [6.45, 7) is 2.89. The average Bonchev–Trinajstić information content (AvgIpc) is 2.73. The van der Waals surface area contributed by atoms with Gasteiger partial charge < -0.3 is 10.4 Å². The number of nitrogens with zero attached hydrogens (tertiary/aromatic N) is 3. The second-order valence-electron chi connectivity index (χ2n) is 3.27. The predicted octanol–water partition coefficient (Wildman–Crippen LogP) is -0.501. The van der Waals surface area contributed by atoms with Gasteiger partial charge in [0.25, 0.3) is 10.0 Å². The van der Waals surface area contributed by atoms with Crippen molar-refractivity contribution in [1.29, 1.82) is 0 Å². The Bertz CT molecular complexity index is 513. The summed E-state index contributed by atoms with van der Waals surface area (Å²) in [5, 5.41) is 18.4. The van der Waals surface area contributed by atoms with Crippen LogP contribution in [-0.2, 0) is 14.8 Å². The van der Waals surface area contributed by atoms with E-state index >= 15 is 0 Å². The fraction of sp³-hybridized carbons (Fsp3) is 0.625. The highest BCUT2D eigenvalue weighted by Crippen LogP contribution is 2.22. The van der Waals surface area contributed by atoms with E-state index in [1.54, 1.807) is 6.92 Å². The Balaban J connectivity index is 2.97. The van der Waals surface area contributed by atoms with Crippen LogP contribution >= 0.6 is 11.3 Å². The van der Waals surface area contributed by atoms with Crippen LogP contribution < -0.4 is 5.32 Å². The fourth-order valence-corrected chi connectivity index (χ4v) is 3.71. The molecule has 1 aromatic rings. The first-order valence-corrected chi connectivity index (χ1v) is 7.39. The first kappa shape index (κ1) is 15.0. The van der Waals surface area contributed by atoms with Gasteiger partial charge in [-0.3, -0.25) is 4.79 Å². The second kappa shape index (κ2) is 6.18. The number of likely N-dealkylation sites (N-methyl/N-ethyl adjacent to an activating group) is 1. The third-order valence-corrected chi connectivity index (χ3v) is 5.11. The molecule has 2 N–H and O–H groups in total. The van der Waals surface area contributed by atoms with E-state index in [9.17, 15) is 13.2 Å². The zero-order valence-electron chi connectivity index (χ0n) is 9.95. The SMILES string of the molecule is CCN(CCO)S(=O)(=O)c1nnc(NC(C)=O)s1. The maximum Gasteiger partial charge on any atom is 0.272 e. The van der Waals surface area contributed by atoms with Crippen molar-refractivity contribution < 1.29 is 18.3 Å². The van der Waals surface area contributed by atoms with Crippen LogP contribution in [0, 0.1) is 0 Å². The number of carbonyl (C=O) groups is 1. The summed E-state index contributed by atoms with van der Waals surface area (Å²) in [5.74, 6) is -0.349. The van der Waals surface area contributed by atoms with Crippen LogP contribution in [0.2, 0.25) is 0 Å². The normalized spacial score (nSPS) is 11.8. The van der Waals surface area contributed by atoms with Gasteiger partial charge in [-0.15, -0.1) is 10.2 Å². The van der Waals surface area contributed by atoms with E-state index < -0.39 is 10.0 Å². The Morgan fingerprint density at radius 2 is 2.17 bits per heavy atom. The average molecular weight is 294 g/mol. The van der Waals surface area contributed by atoms with Gasteiger partial charge in [-0.05, 0) is 0 Å². The van der Waals surface area contributed by atoms with Gasteiger partial charge in [0, 0.05) is 20.0 Å². The molecule has 0 fully saturated rings. The minimum atomic E-state index is -3.76. The number of hydrogen-bond acceptors (Lipinski definition) is 7. The summed E-state index contributed by atoms with van der Waals surface area (Å²) < 4.78 is 25.0. The molecule has 0 aliphatic carbocycles. The summed E-state index contributed by atoms with van der Waals surface area (Å²) >= 11 is 0.772. The topological polar surface area (TPSA) is 112 Å². The van der Waals surface area contributed by atoms with Gasteiger partial charge in [0.2, 0.25) is 15.4 Å². The number of aromatic nitrogens is 2. The largest absolute Gasteiger partial charge is 0.395 e. The molecule has 0 spiro atoms. The van der Waals surface area contributed by atoms with Crippen molar-refractivity contribution >= 4 is 32.4 Å². The summed E-state index contributed by atoms with van der Waals surface area (Å²) in [6, 6.07) is 0. The number of carbonyl (C=O) groups excluding carboxylic acids is 1. The summed E-state index contributed by atoms with van der Waals surface area (Å²) in [7, 11) is -3.76. The van der Waals surface area contributed by atoms with Crippen molar-refractivity contribution in [3.63, 3.8) is 0 Å². The maximum absolute atomic E-state index is 12.1. The van der Waals surface area contributed by atoms with E-state index in [-0.39, 0.29) is 35.1 Å². The lowest BCUT2D eigenvalue weighted by atomic mass is 10.6. The molecule has 0 aromatic carbocycles. The monoisotopic (exact) mass is 294 g/mol. The zero-order chi connectivity index (χ0) is 13.8. The summed E-state index contributed by atoms with van der Waals surface area (Å²) in [6.07, 6.45) is 0. The number of rotatable bonds is 6. The number of sulfonamides is 1. The standard InChI is InChI=1S/C8H14N4O4S2/c1-3-12(4-5-13)18(15,16)8-11-10-7(17-8)9-6(2)14/h13H,3-5H2,1-2H3,(H,9,10,14). The Morgan fingerprint density at radius 3 is 2.67 bits per heavy atom. The number of anilines is 1. The van der Waals surface area contributed by atoms with E-state index in [1.807, 2.05) is 0 Å². The quantitative estimate of drug-likeness (QED) is 0.684. The smallest absolute Gasteiger partial charge is 0.272 e. The maximum atomic E-state index is 12.1. The van der Waals surface area contributed by atoms with E-state index in [1.165, 1.54) is 6.92 Å². The van der Waals surface area contributed by atoms with Crippen molar-refractivity contribution in [3.8, 4) is 0 Å². The lowest BCUT2D eigenvalue weighted by Crippen LogP contribution is -2.33. The molecule has 1 heterocycles. The van der Waals surface area contributed by atoms with Crippen LogP contribution in [0.15, 0.2) is 4.34 Å². The summed E-state index contributed by atoms with van der Waals surface area (Å²) in [4.78, 5) is 10.8. The predicted molar refractivity (Wildman–Crippen MR) is 65.7 cm³/mol. The highest BCUT2D eigenvalue weighted by Gasteiger charge is 2.27. The van der Waals surface area contributed by atoms with Crippen LogP contribution in [0.4, 0.5) is 5.13 Å². The molecule has 1 rings (SSSR count). The molecule has 0 atom stereocenters. The van der Waals surface area contributed by atoms with Crippen LogP contribution in [0.5, 0.6) is 0 Å². The molecule has 1 aromatic heterocycles. The first-order chi connectivity index (χ1) is 8.41. The highest BCUT2D eigenvalue weighted by molar-refractivity contribution is 7.91. The molecule has 0 aliphatic rings. The molecule has 0 aliphatic heterocycles. The van der Waals surface area contributed by atoms with Crippen LogP contribution in [0.25, 0.3) is 0 Å². The molecule has 0 saturated heterocycles. The van der Waals surface area contributed by atoms with Crippen molar-refractivity contribution in [2.24, 2.45) is 0 Å². The van der Waals surface area contributed by atoms with Gasteiger partial charge >= 0.3 is 0 Å². The number of aliphatic hydroxyl groups is 1. The summed E-state index contributed by atoms with van der Waals surface area (Å²) in [5.41, 5.74) is 0. The van der Waals surface area contributed by atoms with Crippen molar-refractivity contribution in [2.75, 3.05) is 25.0 Å². The first-order valence-electron chi connectivity index (χ1n) is 5.14. The fourth-order valence-electron chi connectivity index (χ4n) is 1.19. The number of nitrogens with one attached hydrogen (secondary N) is 1. The number of amides is 1. The third kappa shape index (κ3) is 3.45. The van der Waals surface area contributed by atoms with Gasteiger partial charge in [0.15, 0.2) is 0 Å². The lowest BCUT2D eigenvalue weighted by molar-refractivity contribution is -0.114. The third-order valence-electron chi connectivity index (χ3n) is 1.95. The second-order valence-corrected chi connectivity index (χ2v) is 6.36. The van der Waals surface area contributed by atoms with Gasteiger partial charge in [0.05, 0.1) is 6.61 Å².